The van der Waals surface area contributed by atoms with Crippen molar-refractivity contribution in [2.24, 2.45) is 5.41 Å². The number of hydrogen-bond acceptors (Lipinski definition) is 2. The molecule has 88 valence electrons. The Morgan fingerprint density at radius 2 is 2.12 bits per heavy atom. The Morgan fingerprint density at radius 3 is 2.69 bits per heavy atom. The second-order valence-electron chi connectivity index (χ2n) is 4.73. The lowest BCUT2D eigenvalue weighted by atomic mass is 9.99. The van der Waals surface area contributed by atoms with Crippen LogP contribution < -0.4 is 10.1 Å². The van der Waals surface area contributed by atoms with E-state index in [1.165, 1.54) is 12.1 Å². The number of rotatable bonds is 4. The average molecular weight is 225 g/mol. The molecule has 1 N–H and O–H groups in total. The molecule has 0 saturated heterocycles. The molecule has 1 aromatic rings. The van der Waals surface area contributed by atoms with Gasteiger partial charge >= 0.3 is 0 Å². The molecular weight excluding hydrogens is 209 g/mol. The zero-order valence-corrected chi connectivity index (χ0v) is 9.71. The van der Waals surface area contributed by atoms with E-state index in [2.05, 4.69) is 5.32 Å². The lowest BCUT2D eigenvalue weighted by molar-refractivity contribution is -0.105. The van der Waals surface area contributed by atoms with Crippen molar-refractivity contribution in [2.45, 2.75) is 20.8 Å². The van der Waals surface area contributed by atoms with E-state index in [9.17, 15) is 9.18 Å². The van der Waals surface area contributed by atoms with Gasteiger partial charge in [-0.15, -0.1) is 0 Å². The van der Waals surface area contributed by atoms with Crippen LogP contribution in [0.25, 0.3) is 0 Å². The Hall–Kier alpha value is -1.58. The fraction of sp³-hybridized carbons (Fsp3) is 0.417. The van der Waals surface area contributed by atoms with Crippen LogP contribution in [0.4, 0.5) is 10.1 Å². The van der Waals surface area contributed by atoms with Crippen molar-refractivity contribution in [1.29, 1.82) is 0 Å². The Bertz CT molecular complexity index is 372. The molecular formula is C12H16FNO2. The zero-order valence-electron chi connectivity index (χ0n) is 9.71. The second-order valence-corrected chi connectivity index (χ2v) is 4.73. The Labute approximate surface area is 94.6 Å². The SMILES string of the molecule is CC(C)(C)COc1c(F)cccc1NC=O. The summed E-state index contributed by atoms with van der Waals surface area (Å²) in [6.07, 6.45) is 0.499. The van der Waals surface area contributed by atoms with Crippen LogP contribution >= 0.6 is 0 Å². The van der Waals surface area contributed by atoms with Crippen LogP contribution in [0.5, 0.6) is 5.75 Å². The lowest BCUT2D eigenvalue weighted by Crippen LogP contribution is -2.18. The molecule has 1 aromatic carbocycles. The number of hydrogen-bond donors (Lipinski definition) is 1. The van der Waals surface area contributed by atoms with Gasteiger partial charge < -0.3 is 10.1 Å². The third kappa shape index (κ3) is 3.53. The van der Waals surface area contributed by atoms with Gasteiger partial charge in [0.25, 0.3) is 0 Å². The van der Waals surface area contributed by atoms with E-state index in [0.717, 1.165) is 0 Å². The summed E-state index contributed by atoms with van der Waals surface area (Å²) in [5.74, 6) is -0.388. The topological polar surface area (TPSA) is 38.3 Å². The molecule has 0 radical (unpaired) electrons. The first kappa shape index (κ1) is 12.5. The lowest BCUT2D eigenvalue weighted by Gasteiger charge is -2.20. The van der Waals surface area contributed by atoms with Gasteiger partial charge in [-0.25, -0.2) is 4.39 Å². The number of benzene rings is 1. The molecule has 0 aromatic heterocycles. The summed E-state index contributed by atoms with van der Waals surface area (Å²) in [7, 11) is 0. The van der Waals surface area contributed by atoms with Crippen molar-refractivity contribution in [2.75, 3.05) is 11.9 Å². The van der Waals surface area contributed by atoms with E-state index in [4.69, 9.17) is 4.74 Å². The van der Waals surface area contributed by atoms with Gasteiger partial charge in [0, 0.05) is 0 Å². The quantitative estimate of drug-likeness (QED) is 0.800. The summed E-state index contributed by atoms with van der Waals surface area (Å²) in [5.41, 5.74) is 0.278. The van der Waals surface area contributed by atoms with E-state index in [0.29, 0.717) is 18.7 Å². The van der Waals surface area contributed by atoms with Crippen molar-refractivity contribution in [3.05, 3.63) is 24.0 Å². The first-order valence-corrected chi connectivity index (χ1v) is 5.05. The van der Waals surface area contributed by atoms with Crippen molar-refractivity contribution < 1.29 is 13.9 Å². The Kier molecular flexibility index (Phi) is 3.88. The molecule has 0 aliphatic carbocycles. The molecule has 0 saturated carbocycles. The van der Waals surface area contributed by atoms with Gasteiger partial charge in [0.15, 0.2) is 11.6 Å². The molecule has 3 nitrogen and oxygen atoms in total. The number of carbonyl (C=O) groups excluding carboxylic acids is 1. The number of carbonyl (C=O) groups is 1. The van der Waals surface area contributed by atoms with Gasteiger partial charge in [0.1, 0.15) is 0 Å². The smallest absolute Gasteiger partial charge is 0.211 e. The molecule has 1 amide bonds. The van der Waals surface area contributed by atoms with Crippen molar-refractivity contribution >= 4 is 12.1 Å². The van der Waals surface area contributed by atoms with Crippen LogP contribution in [0, 0.1) is 11.2 Å². The summed E-state index contributed by atoms with van der Waals surface area (Å²) in [5, 5.41) is 2.41. The fourth-order valence-corrected chi connectivity index (χ4v) is 1.12. The fourth-order valence-electron chi connectivity index (χ4n) is 1.12. The van der Waals surface area contributed by atoms with Crippen molar-refractivity contribution in [1.82, 2.24) is 0 Å². The van der Waals surface area contributed by atoms with E-state index in [-0.39, 0.29) is 11.2 Å². The minimum atomic E-state index is -0.476. The number of anilines is 1. The predicted octanol–water partition coefficient (Wildman–Crippen LogP) is 2.82. The van der Waals surface area contributed by atoms with E-state index in [1.54, 1.807) is 6.07 Å². The molecule has 16 heavy (non-hydrogen) atoms. The largest absolute Gasteiger partial charge is 0.488 e. The number of ether oxygens (including phenoxy) is 1. The molecule has 0 unspecified atom stereocenters. The van der Waals surface area contributed by atoms with E-state index < -0.39 is 5.82 Å². The summed E-state index contributed by atoms with van der Waals surface area (Å²) in [4.78, 5) is 10.3. The third-order valence-electron chi connectivity index (χ3n) is 1.83. The highest BCUT2D eigenvalue weighted by atomic mass is 19.1. The molecule has 0 heterocycles. The molecule has 0 aliphatic heterocycles. The van der Waals surface area contributed by atoms with E-state index in [1.807, 2.05) is 20.8 Å². The summed E-state index contributed by atoms with van der Waals surface area (Å²) >= 11 is 0. The summed E-state index contributed by atoms with van der Waals surface area (Å²) in [6, 6.07) is 4.41. The predicted molar refractivity (Wildman–Crippen MR) is 61.0 cm³/mol. The molecule has 1 rings (SSSR count). The maximum absolute atomic E-state index is 13.5. The van der Waals surface area contributed by atoms with Gasteiger partial charge in [-0.3, -0.25) is 4.79 Å². The second kappa shape index (κ2) is 4.96. The number of nitrogens with one attached hydrogen (secondary N) is 1. The summed E-state index contributed by atoms with van der Waals surface area (Å²) < 4.78 is 18.9. The number of halogens is 1. The minimum absolute atomic E-state index is 0.0687. The molecule has 0 bridgehead atoms. The van der Waals surface area contributed by atoms with Crippen LogP contribution in [0.3, 0.4) is 0 Å². The Balaban J connectivity index is 2.88. The molecule has 0 spiro atoms. The van der Waals surface area contributed by atoms with Crippen LogP contribution in [0.2, 0.25) is 0 Å². The highest BCUT2D eigenvalue weighted by molar-refractivity contribution is 5.75. The average Bonchev–Trinajstić information content (AvgIpc) is 2.15. The van der Waals surface area contributed by atoms with Gasteiger partial charge in [-0.1, -0.05) is 26.8 Å². The van der Waals surface area contributed by atoms with Crippen LogP contribution in [0.1, 0.15) is 20.8 Å². The Morgan fingerprint density at radius 1 is 1.44 bits per heavy atom. The van der Waals surface area contributed by atoms with E-state index >= 15 is 0 Å². The summed E-state index contributed by atoms with van der Waals surface area (Å²) in [6.45, 7) is 6.34. The highest BCUT2D eigenvalue weighted by Gasteiger charge is 2.15. The first-order chi connectivity index (χ1) is 7.44. The zero-order chi connectivity index (χ0) is 12.2. The molecule has 0 atom stereocenters. The normalized spacial score (nSPS) is 11.0. The van der Waals surface area contributed by atoms with Gasteiger partial charge in [-0.2, -0.15) is 0 Å². The van der Waals surface area contributed by atoms with Gasteiger partial charge in [0.2, 0.25) is 6.41 Å². The molecule has 0 aliphatic rings. The number of amides is 1. The third-order valence-corrected chi connectivity index (χ3v) is 1.83. The van der Waals surface area contributed by atoms with Crippen LogP contribution in [0.15, 0.2) is 18.2 Å². The van der Waals surface area contributed by atoms with Crippen LogP contribution in [-0.2, 0) is 4.79 Å². The van der Waals surface area contributed by atoms with Gasteiger partial charge in [-0.05, 0) is 17.5 Å². The van der Waals surface area contributed by atoms with Crippen molar-refractivity contribution in [3.63, 3.8) is 0 Å². The maximum atomic E-state index is 13.5. The first-order valence-electron chi connectivity index (χ1n) is 5.05. The van der Waals surface area contributed by atoms with Crippen molar-refractivity contribution in [3.8, 4) is 5.75 Å². The molecule has 0 fully saturated rings. The highest BCUT2D eigenvalue weighted by Crippen LogP contribution is 2.29. The molecule has 4 heteroatoms. The standard InChI is InChI=1S/C12H16FNO2/c1-12(2,3)7-16-11-9(13)5-4-6-10(11)14-8-15/h4-6,8H,7H2,1-3H3,(H,14,15). The number of para-hydroxylation sites is 1. The van der Waals surface area contributed by atoms with Crippen LogP contribution in [-0.4, -0.2) is 13.0 Å². The monoisotopic (exact) mass is 225 g/mol. The minimum Gasteiger partial charge on any atom is -0.488 e. The van der Waals surface area contributed by atoms with Gasteiger partial charge in [0.05, 0.1) is 12.3 Å². The maximum Gasteiger partial charge on any atom is 0.211 e.